The molecular weight excluding hydrogens is 358 g/mol. The van der Waals surface area contributed by atoms with Crippen molar-refractivity contribution < 1.29 is 0 Å². The lowest BCUT2D eigenvalue weighted by Gasteiger charge is -2.08. The van der Waals surface area contributed by atoms with E-state index in [0.29, 0.717) is 12.1 Å². The fraction of sp³-hybridized carbons (Fsp3) is 0.0769. The zero-order valence-corrected chi connectivity index (χ0v) is 12.5. The SMILES string of the molecule is N#Cc1ccc(Br)cc1NCc1cccc(Br)n1. The second-order valence-electron chi connectivity index (χ2n) is 3.61. The predicted octanol–water partition coefficient (Wildman–Crippen LogP) is 4.09. The van der Waals surface area contributed by atoms with Gasteiger partial charge in [-0.05, 0) is 46.3 Å². The van der Waals surface area contributed by atoms with Gasteiger partial charge in [0.25, 0.3) is 0 Å². The van der Waals surface area contributed by atoms with E-state index in [-0.39, 0.29) is 0 Å². The van der Waals surface area contributed by atoms with Gasteiger partial charge in [-0.2, -0.15) is 5.26 Å². The van der Waals surface area contributed by atoms with Gasteiger partial charge in [-0.3, -0.25) is 0 Å². The predicted molar refractivity (Wildman–Crippen MR) is 78.1 cm³/mol. The third-order valence-electron chi connectivity index (χ3n) is 2.33. The van der Waals surface area contributed by atoms with Crippen molar-refractivity contribution in [3.63, 3.8) is 0 Å². The topological polar surface area (TPSA) is 48.7 Å². The maximum absolute atomic E-state index is 9.02. The molecule has 0 saturated heterocycles. The molecule has 0 aliphatic heterocycles. The Hall–Kier alpha value is -1.38. The maximum atomic E-state index is 9.02. The van der Waals surface area contributed by atoms with Gasteiger partial charge in [0.15, 0.2) is 0 Å². The molecule has 5 heteroatoms. The Morgan fingerprint density at radius 1 is 1.22 bits per heavy atom. The van der Waals surface area contributed by atoms with Gasteiger partial charge in [0, 0.05) is 4.47 Å². The molecule has 2 rings (SSSR count). The van der Waals surface area contributed by atoms with Crippen molar-refractivity contribution in [1.82, 2.24) is 4.98 Å². The lowest BCUT2D eigenvalue weighted by atomic mass is 10.2. The summed E-state index contributed by atoms with van der Waals surface area (Å²) in [4.78, 5) is 4.33. The van der Waals surface area contributed by atoms with Crippen molar-refractivity contribution in [2.24, 2.45) is 0 Å². The number of pyridine rings is 1. The Labute approximate surface area is 122 Å². The molecule has 0 radical (unpaired) electrons. The van der Waals surface area contributed by atoms with Crippen molar-refractivity contribution in [3.8, 4) is 6.07 Å². The fourth-order valence-corrected chi connectivity index (χ4v) is 2.24. The Balaban J connectivity index is 2.15. The van der Waals surface area contributed by atoms with E-state index in [2.05, 4.69) is 48.2 Å². The average Bonchev–Trinajstić information content (AvgIpc) is 2.37. The number of anilines is 1. The van der Waals surface area contributed by atoms with Crippen LogP contribution in [0.25, 0.3) is 0 Å². The molecule has 0 spiro atoms. The molecule has 0 aliphatic rings. The van der Waals surface area contributed by atoms with Crippen molar-refractivity contribution in [3.05, 3.63) is 56.7 Å². The van der Waals surface area contributed by atoms with Gasteiger partial charge in [-0.25, -0.2) is 4.98 Å². The fourth-order valence-electron chi connectivity index (χ4n) is 1.49. The Morgan fingerprint density at radius 2 is 2.06 bits per heavy atom. The molecule has 0 atom stereocenters. The number of hydrogen-bond acceptors (Lipinski definition) is 3. The number of nitriles is 1. The van der Waals surface area contributed by atoms with Crippen molar-refractivity contribution in [2.75, 3.05) is 5.32 Å². The van der Waals surface area contributed by atoms with Crippen molar-refractivity contribution in [1.29, 1.82) is 5.26 Å². The first kappa shape index (κ1) is 13.1. The van der Waals surface area contributed by atoms with E-state index in [1.165, 1.54) is 0 Å². The third kappa shape index (κ3) is 3.31. The lowest BCUT2D eigenvalue weighted by molar-refractivity contribution is 1.03. The maximum Gasteiger partial charge on any atom is 0.106 e. The van der Waals surface area contributed by atoms with Crippen LogP contribution in [0.3, 0.4) is 0 Å². The summed E-state index contributed by atoms with van der Waals surface area (Å²) in [6.07, 6.45) is 0. The van der Waals surface area contributed by atoms with Crippen LogP contribution in [0.2, 0.25) is 0 Å². The zero-order valence-electron chi connectivity index (χ0n) is 9.32. The molecule has 1 heterocycles. The summed E-state index contributed by atoms with van der Waals surface area (Å²) in [5, 5.41) is 12.2. The minimum absolute atomic E-state index is 0.574. The van der Waals surface area contributed by atoms with Crippen LogP contribution in [0.1, 0.15) is 11.3 Å². The molecule has 18 heavy (non-hydrogen) atoms. The number of rotatable bonds is 3. The normalized spacial score (nSPS) is 9.83. The molecule has 0 saturated carbocycles. The second-order valence-corrected chi connectivity index (χ2v) is 5.34. The summed E-state index contributed by atoms with van der Waals surface area (Å²) < 4.78 is 1.74. The highest BCUT2D eigenvalue weighted by molar-refractivity contribution is 9.10. The second kappa shape index (κ2) is 5.98. The first-order valence-electron chi connectivity index (χ1n) is 5.24. The van der Waals surface area contributed by atoms with E-state index >= 15 is 0 Å². The van der Waals surface area contributed by atoms with Gasteiger partial charge < -0.3 is 5.32 Å². The van der Waals surface area contributed by atoms with Crippen LogP contribution in [-0.2, 0) is 6.54 Å². The smallest absolute Gasteiger partial charge is 0.106 e. The first-order valence-corrected chi connectivity index (χ1v) is 6.82. The lowest BCUT2D eigenvalue weighted by Crippen LogP contribution is -2.03. The Kier molecular flexibility index (Phi) is 4.34. The largest absolute Gasteiger partial charge is 0.378 e. The summed E-state index contributed by atoms with van der Waals surface area (Å²) in [6.45, 7) is 0.574. The zero-order chi connectivity index (χ0) is 13.0. The summed E-state index contributed by atoms with van der Waals surface area (Å²) in [5.41, 5.74) is 2.33. The van der Waals surface area contributed by atoms with Crippen LogP contribution in [0.15, 0.2) is 45.5 Å². The molecule has 0 fully saturated rings. The molecular formula is C13H9Br2N3. The van der Waals surface area contributed by atoms with E-state index < -0.39 is 0 Å². The van der Waals surface area contributed by atoms with E-state index in [9.17, 15) is 0 Å². The van der Waals surface area contributed by atoms with Crippen LogP contribution in [0.4, 0.5) is 5.69 Å². The van der Waals surface area contributed by atoms with Gasteiger partial charge in [0.05, 0.1) is 23.5 Å². The molecule has 1 aromatic heterocycles. The van der Waals surface area contributed by atoms with Crippen LogP contribution < -0.4 is 5.32 Å². The molecule has 90 valence electrons. The van der Waals surface area contributed by atoms with Gasteiger partial charge in [0.1, 0.15) is 10.7 Å². The van der Waals surface area contributed by atoms with Crippen LogP contribution in [-0.4, -0.2) is 4.98 Å². The molecule has 2 aromatic rings. The van der Waals surface area contributed by atoms with E-state index in [1.807, 2.05) is 30.3 Å². The molecule has 0 unspecified atom stereocenters. The van der Waals surface area contributed by atoms with Crippen LogP contribution in [0.5, 0.6) is 0 Å². The van der Waals surface area contributed by atoms with Crippen LogP contribution >= 0.6 is 31.9 Å². The minimum atomic E-state index is 0.574. The summed E-state index contributed by atoms with van der Waals surface area (Å²) in [7, 11) is 0. The summed E-state index contributed by atoms with van der Waals surface area (Å²) in [5.74, 6) is 0. The average molecular weight is 367 g/mol. The molecule has 0 aliphatic carbocycles. The van der Waals surface area contributed by atoms with E-state index in [4.69, 9.17) is 5.26 Å². The molecule has 3 nitrogen and oxygen atoms in total. The quantitative estimate of drug-likeness (QED) is 0.832. The highest BCUT2D eigenvalue weighted by atomic mass is 79.9. The minimum Gasteiger partial charge on any atom is -0.378 e. The van der Waals surface area contributed by atoms with Gasteiger partial charge in [-0.15, -0.1) is 0 Å². The molecule has 1 N–H and O–H groups in total. The molecule has 0 bridgehead atoms. The third-order valence-corrected chi connectivity index (χ3v) is 3.27. The summed E-state index contributed by atoms with van der Waals surface area (Å²) in [6, 6.07) is 13.4. The van der Waals surface area contributed by atoms with Gasteiger partial charge in [-0.1, -0.05) is 22.0 Å². The molecule has 1 aromatic carbocycles. The summed E-state index contributed by atoms with van der Waals surface area (Å²) >= 11 is 6.72. The Bertz CT molecular complexity index is 605. The van der Waals surface area contributed by atoms with Gasteiger partial charge in [0.2, 0.25) is 0 Å². The van der Waals surface area contributed by atoms with E-state index in [0.717, 1.165) is 20.5 Å². The number of nitrogens with one attached hydrogen (secondary N) is 1. The number of hydrogen-bond donors (Lipinski definition) is 1. The highest BCUT2D eigenvalue weighted by Crippen LogP contribution is 2.21. The van der Waals surface area contributed by atoms with E-state index in [1.54, 1.807) is 6.07 Å². The monoisotopic (exact) mass is 365 g/mol. The first-order chi connectivity index (χ1) is 8.69. The van der Waals surface area contributed by atoms with Gasteiger partial charge >= 0.3 is 0 Å². The number of aromatic nitrogens is 1. The standard InChI is InChI=1S/C13H9Br2N3/c14-10-5-4-9(7-16)12(6-10)17-8-11-2-1-3-13(15)18-11/h1-6,17H,8H2. The van der Waals surface area contributed by atoms with Crippen molar-refractivity contribution in [2.45, 2.75) is 6.54 Å². The number of benzene rings is 1. The van der Waals surface area contributed by atoms with Crippen LogP contribution in [0, 0.1) is 11.3 Å². The number of halogens is 2. The molecule has 0 amide bonds. The van der Waals surface area contributed by atoms with Crippen molar-refractivity contribution >= 4 is 37.5 Å². The number of nitrogens with zero attached hydrogens (tertiary/aromatic N) is 2. The highest BCUT2D eigenvalue weighted by Gasteiger charge is 2.03. The Morgan fingerprint density at radius 3 is 2.78 bits per heavy atom.